The molecule has 0 spiro atoms. The lowest BCUT2D eigenvalue weighted by Crippen LogP contribution is -2.46. The van der Waals surface area contributed by atoms with Crippen LogP contribution in [0.5, 0.6) is 0 Å². The Morgan fingerprint density at radius 1 is 1.16 bits per heavy atom. The molecule has 6 nitrogen and oxygen atoms in total. The molecule has 3 rings (SSSR count). The van der Waals surface area contributed by atoms with E-state index in [0.29, 0.717) is 38.3 Å². The number of hydrogen-bond donors (Lipinski definition) is 2. The van der Waals surface area contributed by atoms with E-state index in [2.05, 4.69) is 15.6 Å². The molecule has 0 bridgehead atoms. The molecular formula is C23H27F3N4O2. The number of likely N-dealkylation sites (tertiary alicyclic amines) is 1. The number of hydrogen-bond acceptors (Lipinski definition) is 4. The van der Waals surface area contributed by atoms with Gasteiger partial charge in [-0.25, -0.2) is 4.98 Å². The second kappa shape index (κ2) is 10.0. The van der Waals surface area contributed by atoms with Crippen LogP contribution in [-0.4, -0.2) is 40.8 Å². The van der Waals surface area contributed by atoms with Gasteiger partial charge in [-0.2, -0.15) is 13.2 Å². The molecule has 0 aliphatic carbocycles. The maximum atomic E-state index is 13.0. The second-order valence-corrected chi connectivity index (χ2v) is 8.33. The lowest BCUT2D eigenvalue weighted by Gasteiger charge is -2.33. The number of aromatic nitrogens is 1. The van der Waals surface area contributed by atoms with Crippen molar-refractivity contribution in [3.05, 3.63) is 53.7 Å². The highest BCUT2D eigenvalue weighted by molar-refractivity contribution is 5.99. The van der Waals surface area contributed by atoms with Gasteiger partial charge < -0.3 is 15.5 Å². The molecule has 172 valence electrons. The van der Waals surface area contributed by atoms with E-state index < -0.39 is 11.7 Å². The van der Waals surface area contributed by atoms with E-state index in [0.717, 1.165) is 12.1 Å². The molecule has 1 fully saturated rings. The fraction of sp³-hybridized carbons (Fsp3) is 0.435. The van der Waals surface area contributed by atoms with Crippen molar-refractivity contribution in [1.29, 1.82) is 0 Å². The van der Waals surface area contributed by atoms with Gasteiger partial charge in [-0.15, -0.1) is 0 Å². The van der Waals surface area contributed by atoms with Gasteiger partial charge in [-0.05, 0) is 49.1 Å². The number of alkyl halides is 3. The van der Waals surface area contributed by atoms with Crippen LogP contribution in [-0.2, 0) is 11.0 Å². The number of halogens is 3. The molecule has 0 saturated carbocycles. The first-order chi connectivity index (χ1) is 15.1. The van der Waals surface area contributed by atoms with Gasteiger partial charge >= 0.3 is 6.18 Å². The number of carbonyl (C=O) groups is 2. The van der Waals surface area contributed by atoms with Crippen molar-refractivity contribution >= 4 is 23.3 Å². The fourth-order valence-corrected chi connectivity index (χ4v) is 3.61. The Morgan fingerprint density at radius 2 is 1.88 bits per heavy atom. The molecule has 1 aromatic carbocycles. The van der Waals surface area contributed by atoms with Crippen LogP contribution in [0.3, 0.4) is 0 Å². The van der Waals surface area contributed by atoms with Crippen LogP contribution in [0.4, 0.5) is 24.7 Å². The van der Waals surface area contributed by atoms with Gasteiger partial charge in [0.05, 0.1) is 11.1 Å². The van der Waals surface area contributed by atoms with Crippen LogP contribution >= 0.6 is 0 Å². The average Bonchev–Trinajstić information content (AvgIpc) is 2.73. The Morgan fingerprint density at radius 3 is 2.53 bits per heavy atom. The first-order valence-corrected chi connectivity index (χ1v) is 10.6. The van der Waals surface area contributed by atoms with E-state index >= 15 is 0 Å². The van der Waals surface area contributed by atoms with Crippen molar-refractivity contribution in [3.8, 4) is 0 Å². The topological polar surface area (TPSA) is 74.3 Å². The highest BCUT2D eigenvalue weighted by atomic mass is 19.4. The number of amides is 2. The van der Waals surface area contributed by atoms with Crippen molar-refractivity contribution in [2.24, 2.45) is 5.92 Å². The van der Waals surface area contributed by atoms with Crippen molar-refractivity contribution < 1.29 is 22.8 Å². The molecule has 0 radical (unpaired) electrons. The van der Waals surface area contributed by atoms with Crippen LogP contribution in [0, 0.1) is 5.92 Å². The average molecular weight is 448 g/mol. The summed E-state index contributed by atoms with van der Waals surface area (Å²) in [5.41, 5.74) is -0.365. The number of benzene rings is 1. The zero-order chi connectivity index (χ0) is 23.3. The molecule has 2 heterocycles. The summed E-state index contributed by atoms with van der Waals surface area (Å²) in [5.74, 6) is 0.242. The van der Waals surface area contributed by atoms with Gasteiger partial charge in [0.1, 0.15) is 5.82 Å². The van der Waals surface area contributed by atoms with E-state index in [1.54, 1.807) is 12.1 Å². The Bertz CT molecular complexity index is 954. The van der Waals surface area contributed by atoms with Crippen LogP contribution < -0.4 is 10.6 Å². The zero-order valence-electron chi connectivity index (χ0n) is 18.1. The van der Waals surface area contributed by atoms with E-state index in [-0.39, 0.29) is 34.9 Å². The normalized spacial score (nSPS) is 15.0. The van der Waals surface area contributed by atoms with E-state index in [9.17, 15) is 22.8 Å². The smallest absolute Gasteiger partial charge is 0.349 e. The number of carbonyl (C=O) groups excluding carboxylic acids is 2. The van der Waals surface area contributed by atoms with Crippen LogP contribution in [0.15, 0.2) is 42.6 Å². The third-order valence-electron chi connectivity index (χ3n) is 5.27. The molecule has 1 saturated heterocycles. The molecule has 1 aliphatic rings. The predicted molar refractivity (Wildman–Crippen MR) is 115 cm³/mol. The molecule has 0 atom stereocenters. The molecule has 32 heavy (non-hydrogen) atoms. The summed E-state index contributed by atoms with van der Waals surface area (Å²) in [6.07, 6.45) is -1.20. The molecule has 1 aliphatic heterocycles. The lowest BCUT2D eigenvalue weighted by atomic mass is 10.0. The first-order valence-electron chi connectivity index (χ1n) is 10.6. The molecule has 2 amide bonds. The van der Waals surface area contributed by atoms with Crippen molar-refractivity contribution in [3.63, 3.8) is 0 Å². The Kier molecular flexibility index (Phi) is 7.37. The zero-order valence-corrected chi connectivity index (χ0v) is 18.1. The summed E-state index contributed by atoms with van der Waals surface area (Å²) < 4.78 is 38.9. The van der Waals surface area contributed by atoms with Gasteiger partial charge in [0, 0.05) is 37.4 Å². The maximum Gasteiger partial charge on any atom is 0.416 e. The molecule has 0 unspecified atom stereocenters. The van der Waals surface area contributed by atoms with Gasteiger partial charge in [0.25, 0.3) is 5.91 Å². The fourth-order valence-electron chi connectivity index (χ4n) is 3.61. The number of nitrogens with zero attached hydrogens (tertiary/aromatic N) is 2. The predicted octanol–water partition coefficient (Wildman–Crippen LogP) is 4.61. The first kappa shape index (κ1) is 23.6. The number of anilines is 2. The molecule has 2 N–H and O–H groups in total. The monoisotopic (exact) mass is 448 g/mol. The highest BCUT2D eigenvalue weighted by Crippen LogP contribution is 2.31. The van der Waals surface area contributed by atoms with Crippen molar-refractivity contribution in [1.82, 2.24) is 15.2 Å². The summed E-state index contributed by atoms with van der Waals surface area (Å²) in [7, 11) is 0. The summed E-state index contributed by atoms with van der Waals surface area (Å²) in [4.78, 5) is 31.0. The number of rotatable bonds is 6. The number of piperidine rings is 1. The van der Waals surface area contributed by atoms with E-state index in [1.807, 2.05) is 18.7 Å². The summed E-state index contributed by atoms with van der Waals surface area (Å²) in [6.45, 7) is 5.17. The summed E-state index contributed by atoms with van der Waals surface area (Å²) >= 11 is 0. The third kappa shape index (κ3) is 6.21. The van der Waals surface area contributed by atoms with Crippen molar-refractivity contribution in [2.75, 3.05) is 18.4 Å². The standard InChI is InChI=1S/C23H27F3N4O2/c1-15(2)13-20(31)30-11-8-17(9-12-30)29-22(32)19-7-4-10-27-21(19)28-18-6-3-5-16(14-18)23(24,25)26/h3-7,10,14-15,17H,8-9,11-13H2,1-2H3,(H,27,28)(H,29,32). The molecular weight excluding hydrogens is 421 g/mol. The Hall–Kier alpha value is -3.10. The molecule has 1 aromatic heterocycles. The van der Waals surface area contributed by atoms with E-state index in [4.69, 9.17) is 0 Å². The van der Waals surface area contributed by atoms with E-state index in [1.165, 1.54) is 18.3 Å². The lowest BCUT2D eigenvalue weighted by molar-refractivity contribution is -0.137. The summed E-state index contributed by atoms with van der Waals surface area (Å²) in [6, 6.07) is 7.80. The van der Waals surface area contributed by atoms with Crippen molar-refractivity contribution in [2.45, 2.75) is 45.3 Å². The molecule has 2 aromatic rings. The minimum absolute atomic E-state index is 0.0905. The maximum absolute atomic E-state index is 13.0. The largest absolute Gasteiger partial charge is 0.416 e. The number of pyridine rings is 1. The van der Waals surface area contributed by atoms with Gasteiger partial charge in [0.15, 0.2) is 0 Å². The van der Waals surface area contributed by atoms with Crippen LogP contribution in [0.25, 0.3) is 0 Å². The second-order valence-electron chi connectivity index (χ2n) is 8.33. The Labute approximate surface area is 185 Å². The Balaban J connectivity index is 1.64. The third-order valence-corrected chi connectivity index (χ3v) is 5.27. The molecule has 9 heteroatoms. The van der Waals surface area contributed by atoms with Crippen LogP contribution in [0.1, 0.15) is 49.0 Å². The minimum atomic E-state index is -4.46. The van der Waals surface area contributed by atoms with Gasteiger partial charge in [-0.3, -0.25) is 9.59 Å². The van der Waals surface area contributed by atoms with Gasteiger partial charge in [-0.1, -0.05) is 19.9 Å². The van der Waals surface area contributed by atoms with Gasteiger partial charge in [0.2, 0.25) is 5.91 Å². The summed E-state index contributed by atoms with van der Waals surface area (Å²) in [5, 5.41) is 5.78. The number of nitrogens with one attached hydrogen (secondary N) is 2. The quantitative estimate of drug-likeness (QED) is 0.677. The highest BCUT2D eigenvalue weighted by Gasteiger charge is 2.30. The minimum Gasteiger partial charge on any atom is -0.349 e. The SMILES string of the molecule is CC(C)CC(=O)N1CCC(NC(=O)c2cccnc2Nc2cccc(C(F)(F)F)c2)CC1. The van der Waals surface area contributed by atoms with Crippen LogP contribution in [0.2, 0.25) is 0 Å².